The van der Waals surface area contributed by atoms with E-state index in [0.29, 0.717) is 0 Å². The Bertz CT molecular complexity index is 554. The fourth-order valence-electron chi connectivity index (χ4n) is 2.37. The summed E-state index contributed by atoms with van der Waals surface area (Å²) in [4.78, 5) is 8.74. The highest BCUT2D eigenvalue weighted by Crippen LogP contribution is 2.31. The van der Waals surface area contributed by atoms with Crippen LogP contribution in [0.2, 0.25) is 0 Å². The third kappa shape index (κ3) is 1.74. The van der Waals surface area contributed by atoms with Gasteiger partial charge in [-0.1, -0.05) is 0 Å². The molecule has 0 unspecified atom stereocenters. The average Bonchev–Trinajstić information content (AvgIpc) is 3.03. The quantitative estimate of drug-likeness (QED) is 0.852. The predicted octanol–water partition coefficient (Wildman–Crippen LogP) is 1.14. The molecule has 2 atom stereocenters. The summed E-state index contributed by atoms with van der Waals surface area (Å²) in [5, 5.41) is 12.2. The van der Waals surface area contributed by atoms with Crippen LogP contribution >= 0.6 is 0 Å². The van der Waals surface area contributed by atoms with Crippen LogP contribution in [0.4, 0.5) is 5.69 Å². The summed E-state index contributed by atoms with van der Waals surface area (Å²) in [5.74, 6) is 0. The molecule has 0 bridgehead atoms. The zero-order valence-corrected chi connectivity index (χ0v) is 10.2. The molecule has 0 spiro atoms. The zero-order chi connectivity index (χ0) is 12.5. The maximum absolute atomic E-state index is 9.10. The lowest BCUT2D eigenvalue weighted by molar-refractivity contribution is -0.0207. The number of fused-ring (bicyclic) bond motifs is 1. The summed E-state index contributed by atoms with van der Waals surface area (Å²) in [6.45, 7) is 0.0678. The molecule has 18 heavy (non-hydrogen) atoms. The van der Waals surface area contributed by atoms with Gasteiger partial charge in [-0.15, -0.1) is 0 Å². The van der Waals surface area contributed by atoms with Gasteiger partial charge in [-0.05, 0) is 18.9 Å². The summed E-state index contributed by atoms with van der Waals surface area (Å²) in [6.07, 6.45) is 5.11. The smallest absolute Gasteiger partial charge is 0.164 e. The van der Waals surface area contributed by atoms with Crippen molar-refractivity contribution in [2.45, 2.75) is 25.2 Å². The van der Waals surface area contributed by atoms with Gasteiger partial charge in [-0.3, -0.25) is 4.57 Å². The maximum Gasteiger partial charge on any atom is 0.164 e. The van der Waals surface area contributed by atoms with Crippen molar-refractivity contribution in [2.75, 3.05) is 19.0 Å². The van der Waals surface area contributed by atoms with Crippen LogP contribution in [0.25, 0.3) is 11.2 Å². The van der Waals surface area contributed by atoms with Crippen LogP contribution in [0.3, 0.4) is 0 Å². The van der Waals surface area contributed by atoms with Crippen LogP contribution < -0.4 is 5.32 Å². The van der Waals surface area contributed by atoms with E-state index in [1.807, 2.05) is 17.7 Å². The monoisotopic (exact) mass is 248 g/mol. The number of nitrogens with zero attached hydrogens (tertiary/aromatic N) is 3. The van der Waals surface area contributed by atoms with Gasteiger partial charge in [0, 0.05) is 13.2 Å². The van der Waals surface area contributed by atoms with Gasteiger partial charge in [-0.2, -0.15) is 0 Å². The molecule has 0 aliphatic carbocycles. The Morgan fingerprint density at radius 2 is 2.39 bits per heavy atom. The first-order chi connectivity index (χ1) is 8.83. The minimum atomic E-state index is -0.0771. The number of aromatic nitrogens is 3. The zero-order valence-electron chi connectivity index (χ0n) is 10.2. The Balaban J connectivity index is 1.98. The standard InChI is InChI=1S/C12H16N4O2/c1-13-9-4-5-14-12-11(9)15-7-16(12)10-3-2-8(6-17)18-10/h4-5,7-8,10,17H,2-3,6H2,1H3,(H,13,14)/t8-,10+/m0/s1. The molecule has 2 N–H and O–H groups in total. The number of aliphatic hydroxyl groups excluding tert-OH is 1. The van der Waals surface area contributed by atoms with Crippen LogP contribution in [-0.2, 0) is 4.74 Å². The topological polar surface area (TPSA) is 72.2 Å². The Labute approximate surface area is 105 Å². The molecule has 96 valence electrons. The van der Waals surface area contributed by atoms with Crippen molar-refractivity contribution in [1.82, 2.24) is 14.5 Å². The minimum Gasteiger partial charge on any atom is -0.394 e. The molecule has 1 aliphatic rings. The number of hydrogen-bond donors (Lipinski definition) is 2. The Hall–Kier alpha value is -1.66. The molecule has 0 aromatic carbocycles. The Morgan fingerprint density at radius 3 is 3.11 bits per heavy atom. The Morgan fingerprint density at radius 1 is 1.50 bits per heavy atom. The fraction of sp³-hybridized carbons (Fsp3) is 0.500. The summed E-state index contributed by atoms with van der Waals surface area (Å²) < 4.78 is 7.69. The molecule has 1 saturated heterocycles. The highest BCUT2D eigenvalue weighted by atomic mass is 16.5. The van der Waals surface area contributed by atoms with Crippen LogP contribution in [0.1, 0.15) is 19.1 Å². The van der Waals surface area contributed by atoms with Crippen LogP contribution in [0, 0.1) is 0 Å². The fourth-order valence-corrected chi connectivity index (χ4v) is 2.37. The number of pyridine rings is 1. The number of hydrogen-bond acceptors (Lipinski definition) is 5. The molecule has 6 heteroatoms. The van der Waals surface area contributed by atoms with Gasteiger partial charge in [-0.25, -0.2) is 9.97 Å². The maximum atomic E-state index is 9.10. The third-order valence-corrected chi connectivity index (χ3v) is 3.33. The number of aliphatic hydroxyl groups is 1. The average molecular weight is 248 g/mol. The van der Waals surface area contributed by atoms with Crippen LogP contribution in [0.15, 0.2) is 18.6 Å². The van der Waals surface area contributed by atoms with E-state index in [-0.39, 0.29) is 18.9 Å². The lowest BCUT2D eigenvalue weighted by atomic mass is 10.2. The van der Waals surface area contributed by atoms with Crippen LogP contribution in [0.5, 0.6) is 0 Å². The first-order valence-corrected chi connectivity index (χ1v) is 6.09. The molecule has 2 aromatic heterocycles. The van der Waals surface area contributed by atoms with Crippen molar-refractivity contribution in [1.29, 1.82) is 0 Å². The molecule has 3 rings (SSSR count). The second-order valence-corrected chi connectivity index (χ2v) is 4.41. The van der Waals surface area contributed by atoms with Crippen molar-refractivity contribution >= 4 is 16.9 Å². The number of ether oxygens (including phenoxy) is 1. The van der Waals surface area contributed by atoms with E-state index in [2.05, 4.69) is 15.3 Å². The van der Waals surface area contributed by atoms with Gasteiger partial charge >= 0.3 is 0 Å². The molecule has 1 aliphatic heterocycles. The lowest BCUT2D eigenvalue weighted by Crippen LogP contribution is -2.14. The molecule has 0 radical (unpaired) electrons. The molecule has 0 amide bonds. The molecular formula is C12H16N4O2. The predicted molar refractivity (Wildman–Crippen MR) is 67.3 cm³/mol. The van der Waals surface area contributed by atoms with Gasteiger partial charge in [0.15, 0.2) is 5.65 Å². The van der Waals surface area contributed by atoms with E-state index in [9.17, 15) is 0 Å². The van der Waals surface area contributed by atoms with Crippen molar-refractivity contribution < 1.29 is 9.84 Å². The summed E-state index contributed by atoms with van der Waals surface area (Å²) in [6, 6.07) is 1.89. The molecule has 6 nitrogen and oxygen atoms in total. The number of rotatable bonds is 3. The van der Waals surface area contributed by atoms with Gasteiger partial charge in [0.1, 0.15) is 11.7 Å². The molecule has 0 saturated carbocycles. The third-order valence-electron chi connectivity index (χ3n) is 3.33. The van der Waals surface area contributed by atoms with E-state index < -0.39 is 0 Å². The van der Waals surface area contributed by atoms with Crippen molar-refractivity contribution in [3.8, 4) is 0 Å². The number of imidazole rings is 1. The second kappa shape index (κ2) is 4.55. The Kier molecular flexibility index (Phi) is 2.89. The first kappa shape index (κ1) is 11.4. The van der Waals surface area contributed by atoms with E-state index in [1.165, 1.54) is 0 Å². The first-order valence-electron chi connectivity index (χ1n) is 6.09. The van der Waals surface area contributed by atoms with E-state index in [4.69, 9.17) is 9.84 Å². The van der Waals surface area contributed by atoms with E-state index in [1.54, 1.807) is 12.5 Å². The lowest BCUT2D eigenvalue weighted by Gasteiger charge is -2.13. The van der Waals surface area contributed by atoms with Crippen molar-refractivity contribution in [3.05, 3.63) is 18.6 Å². The summed E-state index contributed by atoms with van der Waals surface area (Å²) >= 11 is 0. The van der Waals surface area contributed by atoms with E-state index in [0.717, 1.165) is 29.7 Å². The molecule has 1 fully saturated rings. The van der Waals surface area contributed by atoms with Gasteiger partial charge in [0.2, 0.25) is 0 Å². The summed E-state index contributed by atoms with van der Waals surface area (Å²) in [7, 11) is 1.86. The van der Waals surface area contributed by atoms with Gasteiger partial charge < -0.3 is 15.2 Å². The SMILES string of the molecule is CNc1ccnc2c1ncn2[C@H]1CC[C@@H](CO)O1. The highest BCUT2D eigenvalue weighted by molar-refractivity contribution is 5.85. The number of nitrogens with one attached hydrogen (secondary N) is 1. The van der Waals surface area contributed by atoms with Crippen LogP contribution in [-0.4, -0.2) is 39.4 Å². The molecular weight excluding hydrogens is 232 g/mol. The number of anilines is 1. The van der Waals surface area contributed by atoms with Crippen molar-refractivity contribution in [3.63, 3.8) is 0 Å². The molecule has 3 heterocycles. The van der Waals surface area contributed by atoms with Crippen molar-refractivity contribution in [2.24, 2.45) is 0 Å². The molecule has 2 aromatic rings. The highest BCUT2D eigenvalue weighted by Gasteiger charge is 2.27. The normalized spacial score (nSPS) is 23.7. The second-order valence-electron chi connectivity index (χ2n) is 4.41. The van der Waals surface area contributed by atoms with E-state index >= 15 is 0 Å². The largest absolute Gasteiger partial charge is 0.394 e. The summed E-state index contributed by atoms with van der Waals surface area (Å²) in [5.41, 5.74) is 2.61. The van der Waals surface area contributed by atoms with Gasteiger partial charge in [0.05, 0.1) is 24.7 Å². The van der Waals surface area contributed by atoms with Gasteiger partial charge in [0.25, 0.3) is 0 Å². The minimum absolute atomic E-state index is 0.0678.